The van der Waals surface area contributed by atoms with Crippen LogP contribution in [0.25, 0.3) is 0 Å². The van der Waals surface area contributed by atoms with Crippen molar-refractivity contribution < 1.29 is 9.18 Å². The summed E-state index contributed by atoms with van der Waals surface area (Å²) in [6.45, 7) is 5.44. The molecule has 1 saturated carbocycles. The minimum Gasteiger partial charge on any atom is -0.299 e. The van der Waals surface area contributed by atoms with E-state index in [9.17, 15) is 9.18 Å². The van der Waals surface area contributed by atoms with Gasteiger partial charge in [-0.1, -0.05) is 12.5 Å². The fourth-order valence-corrected chi connectivity index (χ4v) is 2.00. The molecule has 1 atom stereocenters. The molecule has 0 aromatic rings. The highest BCUT2D eigenvalue weighted by molar-refractivity contribution is 5.87. The Bertz CT molecular complexity index is 372. The molecule has 0 aromatic heterocycles. The Balaban J connectivity index is 2.98. The topological polar surface area (TPSA) is 17.1 Å². The normalized spacial score (nSPS) is 26.2. The van der Waals surface area contributed by atoms with Crippen molar-refractivity contribution in [1.29, 1.82) is 0 Å². The average Bonchev–Trinajstić information content (AvgIpc) is 2.29. The standard InChI is InChI=1S/C14H19FO/c1-4-12(15)9-8-11(2)14(3)10-6-5-7-13(14)16/h4,9H,5-7,10H2,1-3H3/b12-4+/t8?,14-/m0/s1. The van der Waals surface area contributed by atoms with Crippen LogP contribution in [0.2, 0.25) is 0 Å². The van der Waals surface area contributed by atoms with Crippen LogP contribution in [0.1, 0.15) is 46.5 Å². The summed E-state index contributed by atoms with van der Waals surface area (Å²) in [6.07, 6.45) is 6.23. The molecule has 1 aliphatic rings. The number of carbonyl (C=O) groups is 1. The summed E-state index contributed by atoms with van der Waals surface area (Å²) < 4.78 is 12.9. The fraction of sp³-hybridized carbons (Fsp3) is 0.571. The van der Waals surface area contributed by atoms with Crippen molar-refractivity contribution >= 4 is 5.78 Å². The molecule has 0 bridgehead atoms. The molecule has 0 spiro atoms. The van der Waals surface area contributed by atoms with Gasteiger partial charge in [0.2, 0.25) is 0 Å². The van der Waals surface area contributed by atoms with Gasteiger partial charge in [-0.2, -0.15) is 0 Å². The summed E-state index contributed by atoms with van der Waals surface area (Å²) in [5, 5.41) is 0. The molecule has 0 aromatic carbocycles. The van der Waals surface area contributed by atoms with Gasteiger partial charge in [0.1, 0.15) is 11.6 Å². The minimum absolute atomic E-state index is 0.262. The number of rotatable bonds is 2. The van der Waals surface area contributed by atoms with Gasteiger partial charge in [0, 0.05) is 12.5 Å². The van der Waals surface area contributed by atoms with E-state index in [4.69, 9.17) is 0 Å². The van der Waals surface area contributed by atoms with Crippen LogP contribution in [0.4, 0.5) is 4.39 Å². The van der Waals surface area contributed by atoms with Crippen LogP contribution in [0.3, 0.4) is 0 Å². The van der Waals surface area contributed by atoms with Crippen LogP contribution in [0, 0.1) is 5.41 Å². The Morgan fingerprint density at radius 1 is 1.50 bits per heavy atom. The maximum Gasteiger partial charge on any atom is 0.143 e. The van der Waals surface area contributed by atoms with E-state index < -0.39 is 5.41 Å². The Labute approximate surface area is 96.7 Å². The van der Waals surface area contributed by atoms with Gasteiger partial charge >= 0.3 is 0 Å². The molecular formula is C14H19FO. The Hall–Kier alpha value is -1.14. The monoisotopic (exact) mass is 222 g/mol. The molecule has 0 saturated heterocycles. The maximum atomic E-state index is 12.9. The van der Waals surface area contributed by atoms with Crippen LogP contribution in [-0.4, -0.2) is 5.78 Å². The zero-order chi connectivity index (χ0) is 12.2. The molecule has 1 aliphatic carbocycles. The smallest absolute Gasteiger partial charge is 0.143 e. The molecule has 2 heteroatoms. The molecule has 0 radical (unpaired) electrons. The van der Waals surface area contributed by atoms with E-state index in [1.54, 1.807) is 6.92 Å². The Kier molecular flexibility index (Phi) is 4.26. The molecule has 0 N–H and O–H groups in total. The SMILES string of the molecule is C/C=C(/F)C=C=C(C)[C@]1(C)CCCCC1=O. The van der Waals surface area contributed by atoms with Crippen LogP contribution < -0.4 is 0 Å². The van der Waals surface area contributed by atoms with Crippen LogP contribution in [0.5, 0.6) is 0 Å². The molecule has 0 unspecified atom stereocenters. The van der Waals surface area contributed by atoms with Gasteiger partial charge in [0.15, 0.2) is 0 Å². The van der Waals surface area contributed by atoms with Gasteiger partial charge in [-0.05, 0) is 39.2 Å². The van der Waals surface area contributed by atoms with E-state index in [1.807, 2.05) is 13.8 Å². The Morgan fingerprint density at radius 3 is 2.75 bits per heavy atom. The second-order valence-electron chi connectivity index (χ2n) is 4.55. The molecule has 16 heavy (non-hydrogen) atoms. The highest BCUT2D eigenvalue weighted by atomic mass is 19.1. The van der Waals surface area contributed by atoms with E-state index in [-0.39, 0.29) is 11.6 Å². The quantitative estimate of drug-likeness (QED) is 0.507. The van der Waals surface area contributed by atoms with E-state index in [1.165, 1.54) is 12.2 Å². The molecule has 0 aliphatic heterocycles. The van der Waals surface area contributed by atoms with Crippen molar-refractivity contribution in [2.24, 2.45) is 5.41 Å². The highest BCUT2D eigenvalue weighted by Gasteiger charge is 2.36. The fourth-order valence-electron chi connectivity index (χ4n) is 2.00. The van der Waals surface area contributed by atoms with Gasteiger partial charge in [-0.15, -0.1) is 5.73 Å². The van der Waals surface area contributed by atoms with E-state index >= 15 is 0 Å². The first kappa shape index (κ1) is 12.9. The van der Waals surface area contributed by atoms with E-state index in [2.05, 4.69) is 5.73 Å². The van der Waals surface area contributed by atoms with Crippen molar-refractivity contribution in [3.63, 3.8) is 0 Å². The van der Waals surface area contributed by atoms with E-state index in [0.717, 1.165) is 24.8 Å². The first-order valence-corrected chi connectivity index (χ1v) is 5.79. The first-order valence-electron chi connectivity index (χ1n) is 5.79. The van der Waals surface area contributed by atoms with Crippen LogP contribution >= 0.6 is 0 Å². The summed E-state index contributed by atoms with van der Waals surface area (Å²) in [5.41, 5.74) is 3.32. The largest absolute Gasteiger partial charge is 0.299 e. The lowest BCUT2D eigenvalue weighted by Gasteiger charge is -2.31. The van der Waals surface area contributed by atoms with Crippen LogP contribution in [-0.2, 0) is 4.79 Å². The first-order chi connectivity index (χ1) is 7.50. The molecule has 0 amide bonds. The number of ketones is 1. The molecule has 1 rings (SSSR count). The molecule has 88 valence electrons. The third-order valence-electron chi connectivity index (χ3n) is 3.48. The predicted molar refractivity (Wildman–Crippen MR) is 63.7 cm³/mol. The third-order valence-corrected chi connectivity index (χ3v) is 3.48. The van der Waals surface area contributed by atoms with Gasteiger partial charge in [-0.3, -0.25) is 4.79 Å². The van der Waals surface area contributed by atoms with Gasteiger partial charge < -0.3 is 0 Å². The number of halogens is 1. The predicted octanol–water partition coefficient (Wildman–Crippen LogP) is 4.11. The molecule has 1 fully saturated rings. The number of allylic oxidation sites excluding steroid dienone is 3. The molecular weight excluding hydrogens is 203 g/mol. The highest BCUT2D eigenvalue weighted by Crippen LogP contribution is 2.38. The summed E-state index contributed by atoms with van der Waals surface area (Å²) in [7, 11) is 0. The third kappa shape index (κ3) is 2.70. The lowest BCUT2D eigenvalue weighted by Crippen LogP contribution is -2.31. The second-order valence-corrected chi connectivity index (χ2v) is 4.55. The minimum atomic E-state index is -0.428. The number of Topliss-reactive ketones (excluding diaryl/α,β-unsaturated/α-hetero) is 1. The van der Waals surface area contributed by atoms with Crippen molar-refractivity contribution in [3.8, 4) is 0 Å². The van der Waals surface area contributed by atoms with Crippen molar-refractivity contribution in [1.82, 2.24) is 0 Å². The summed E-state index contributed by atoms with van der Waals surface area (Å²) >= 11 is 0. The van der Waals surface area contributed by atoms with Crippen molar-refractivity contribution in [3.05, 3.63) is 29.3 Å². The zero-order valence-electron chi connectivity index (χ0n) is 10.3. The average molecular weight is 222 g/mol. The van der Waals surface area contributed by atoms with Crippen molar-refractivity contribution in [2.45, 2.75) is 46.5 Å². The van der Waals surface area contributed by atoms with Crippen LogP contribution in [0.15, 0.2) is 29.3 Å². The van der Waals surface area contributed by atoms with Gasteiger partial charge in [-0.25, -0.2) is 4.39 Å². The maximum absolute atomic E-state index is 12.9. The summed E-state index contributed by atoms with van der Waals surface area (Å²) in [6, 6.07) is 0. The van der Waals surface area contributed by atoms with Crippen molar-refractivity contribution in [2.75, 3.05) is 0 Å². The molecule has 0 heterocycles. The van der Waals surface area contributed by atoms with Gasteiger partial charge in [0.05, 0.1) is 5.41 Å². The molecule has 1 nitrogen and oxygen atoms in total. The summed E-state index contributed by atoms with van der Waals surface area (Å²) in [4.78, 5) is 11.9. The number of hydrogen-bond acceptors (Lipinski definition) is 1. The van der Waals surface area contributed by atoms with E-state index in [0.29, 0.717) is 6.42 Å². The second kappa shape index (κ2) is 5.27. The number of carbonyl (C=O) groups excluding carboxylic acids is 1. The lowest BCUT2D eigenvalue weighted by atomic mass is 9.70. The Morgan fingerprint density at radius 2 is 2.19 bits per heavy atom. The number of hydrogen-bond donors (Lipinski definition) is 0. The zero-order valence-corrected chi connectivity index (χ0v) is 10.3. The lowest BCUT2D eigenvalue weighted by molar-refractivity contribution is -0.128. The van der Waals surface area contributed by atoms with Gasteiger partial charge in [0.25, 0.3) is 0 Å². The summed E-state index contributed by atoms with van der Waals surface area (Å²) in [5.74, 6) is -0.0516.